The summed E-state index contributed by atoms with van der Waals surface area (Å²) >= 11 is 5.97. The normalized spacial score (nSPS) is 13.4. The zero-order valence-corrected chi connectivity index (χ0v) is 19.3. The number of carbonyl (C=O) groups excluding carboxylic acids is 4. The van der Waals surface area contributed by atoms with Crippen molar-refractivity contribution in [3.63, 3.8) is 0 Å². The van der Waals surface area contributed by atoms with Crippen LogP contribution in [0, 0.1) is 13.8 Å². The number of carbonyl (C=O) groups is 4. The van der Waals surface area contributed by atoms with Crippen LogP contribution in [0.2, 0.25) is 5.02 Å². The number of ether oxygens (including phenoxy) is 1. The third kappa shape index (κ3) is 4.56. The lowest BCUT2D eigenvalue weighted by Crippen LogP contribution is -2.37. The highest BCUT2D eigenvalue weighted by Gasteiger charge is 2.37. The van der Waals surface area contributed by atoms with Crippen molar-refractivity contribution < 1.29 is 23.9 Å². The molecule has 1 atom stereocenters. The second kappa shape index (κ2) is 9.49. The van der Waals surface area contributed by atoms with Crippen molar-refractivity contribution in [2.24, 2.45) is 0 Å². The minimum atomic E-state index is -1.32. The van der Waals surface area contributed by atoms with Gasteiger partial charge >= 0.3 is 5.97 Å². The molecule has 34 heavy (non-hydrogen) atoms. The van der Waals surface area contributed by atoms with Gasteiger partial charge in [-0.05, 0) is 49.2 Å². The van der Waals surface area contributed by atoms with E-state index in [0.29, 0.717) is 16.3 Å². The molecule has 0 saturated heterocycles. The number of para-hydroxylation sites is 1. The lowest BCUT2D eigenvalue weighted by molar-refractivity contribution is -0.154. The summed E-state index contributed by atoms with van der Waals surface area (Å²) in [4.78, 5) is 52.0. The standard InChI is InChI=1S/C26H21ClN2O5/c1-15-6-5-7-16(2)22(15)28-24(31)23(17-10-12-18(27)13-11-17)34-21(30)14-29-25(32)19-8-3-4-9-20(19)26(29)33/h3-13,23H,14H2,1-2H3,(H,28,31)/t23-/m0/s1. The van der Waals surface area contributed by atoms with Crippen LogP contribution in [-0.4, -0.2) is 35.1 Å². The first kappa shape index (κ1) is 23.2. The van der Waals surface area contributed by atoms with E-state index < -0.39 is 36.3 Å². The van der Waals surface area contributed by atoms with E-state index in [9.17, 15) is 19.2 Å². The smallest absolute Gasteiger partial charge is 0.327 e. The fourth-order valence-electron chi connectivity index (χ4n) is 3.79. The van der Waals surface area contributed by atoms with E-state index in [1.807, 2.05) is 32.0 Å². The number of amides is 3. The number of esters is 1. The van der Waals surface area contributed by atoms with Gasteiger partial charge in [0.1, 0.15) is 6.54 Å². The lowest BCUT2D eigenvalue weighted by atomic mass is 10.1. The van der Waals surface area contributed by atoms with Gasteiger partial charge in [-0.1, -0.05) is 54.1 Å². The Kier molecular flexibility index (Phi) is 6.47. The van der Waals surface area contributed by atoms with Crippen LogP contribution in [-0.2, 0) is 14.3 Å². The fourth-order valence-corrected chi connectivity index (χ4v) is 3.92. The number of anilines is 1. The number of fused-ring (bicyclic) bond motifs is 1. The van der Waals surface area contributed by atoms with E-state index in [1.165, 1.54) is 12.1 Å². The first-order valence-electron chi connectivity index (χ1n) is 10.5. The average molecular weight is 477 g/mol. The number of hydrogen-bond donors (Lipinski definition) is 1. The van der Waals surface area contributed by atoms with E-state index in [4.69, 9.17) is 16.3 Å². The maximum Gasteiger partial charge on any atom is 0.327 e. The predicted octanol–water partition coefficient (Wildman–Crippen LogP) is 4.48. The number of halogens is 1. The van der Waals surface area contributed by atoms with Crippen LogP contribution in [0.25, 0.3) is 0 Å². The molecular formula is C26H21ClN2O5. The van der Waals surface area contributed by atoms with Crippen LogP contribution in [0.5, 0.6) is 0 Å². The van der Waals surface area contributed by atoms with Crippen molar-refractivity contribution in [3.8, 4) is 0 Å². The molecule has 1 heterocycles. The Hall–Kier alpha value is -3.97. The number of aryl methyl sites for hydroxylation is 2. The minimum Gasteiger partial charge on any atom is -0.446 e. The topological polar surface area (TPSA) is 92.8 Å². The van der Waals surface area contributed by atoms with Crippen LogP contribution in [0.3, 0.4) is 0 Å². The van der Waals surface area contributed by atoms with Gasteiger partial charge in [-0.25, -0.2) is 0 Å². The van der Waals surface area contributed by atoms with Crippen LogP contribution in [0.4, 0.5) is 5.69 Å². The van der Waals surface area contributed by atoms with Gasteiger partial charge in [0.15, 0.2) is 0 Å². The Morgan fingerprint density at radius 1 is 0.882 bits per heavy atom. The van der Waals surface area contributed by atoms with Crippen LogP contribution < -0.4 is 5.32 Å². The summed E-state index contributed by atoms with van der Waals surface area (Å²) in [7, 11) is 0. The zero-order valence-electron chi connectivity index (χ0n) is 18.5. The molecule has 0 bridgehead atoms. The molecule has 0 radical (unpaired) electrons. The molecule has 0 fully saturated rings. The molecule has 3 aromatic carbocycles. The lowest BCUT2D eigenvalue weighted by Gasteiger charge is -2.21. The molecule has 4 rings (SSSR count). The van der Waals surface area contributed by atoms with E-state index >= 15 is 0 Å². The molecule has 0 aromatic heterocycles. The Balaban J connectivity index is 1.56. The van der Waals surface area contributed by atoms with Gasteiger partial charge in [0, 0.05) is 16.3 Å². The molecule has 1 N–H and O–H groups in total. The van der Waals surface area contributed by atoms with Crippen LogP contribution in [0.1, 0.15) is 43.5 Å². The summed E-state index contributed by atoms with van der Waals surface area (Å²) in [5.41, 5.74) is 3.15. The first-order chi connectivity index (χ1) is 16.3. The predicted molar refractivity (Wildman–Crippen MR) is 127 cm³/mol. The van der Waals surface area contributed by atoms with Gasteiger partial charge in [0.25, 0.3) is 17.7 Å². The Bertz CT molecular complexity index is 1250. The molecule has 0 unspecified atom stereocenters. The highest BCUT2D eigenvalue weighted by atomic mass is 35.5. The fraction of sp³-hybridized carbons (Fsp3) is 0.154. The van der Waals surface area contributed by atoms with Gasteiger partial charge < -0.3 is 10.1 Å². The van der Waals surface area contributed by atoms with E-state index in [-0.39, 0.29) is 11.1 Å². The molecule has 1 aliphatic rings. The summed E-state index contributed by atoms with van der Waals surface area (Å²) in [6.07, 6.45) is -1.32. The maximum absolute atomic E-state index is 13.2. The van der Waals surface area contributed by atoms with Gasteiger partial charge in [-0.3, -0.25) is 24.1 Å². The monoisotopic (exact) mass is 476 g/mol. The molecule has 0 aliphatic carbocycles. The van der Waals surface area contributed by atoms with Crippen molar-refractivity contribution in [1.82, 2.24) is 4.90 Å². The van der Waals surface area contributed by atoms with E-state index in [0.717, 1.165) is 16.0 Å². The Morgan fingerprint density at radius 3 is 2.00 bits per heavy atom. The van der Waals surface area contributed by atoms with Gasteiger partial charge in [-0.15, -0.1) is 0 Å². The Morgan fingerprint density at radius 2 is 1.44 bits per heavy atom. The molecule has 0 saturated carbocycles. The zero-order chi connectivity index (χ0) is 24.4. The molecule has 172 valence electrons. The number of hydrogen-bond acceptors (Lipinski definition) is 5. The van der Waals surface area contributed by atoms with Crippen molar-refractivity contribution in [3.05, 3.63) is 99.6 Å². The second-order valence-corrected chi connectivity index (χ2v) is 8.36. The highest BCUT2D eigenvalue weighted by Crippen LogP contribution is 2.27. The molecule has 1 aliphatic heterocycles. The number of imide groups is 1. The van der Waals surface area contributed by atoms with Crippen molar-refractivity contribution >= 4 is 41.0 Å². The SMILES string of the molecule is Cc1cccc(C)c1NC(=O)[C@@H](OC(=O)CN1C(=O)c2ccccc2C1=O)c1ccc(Cl)cc1. The minimum absolute atomic E-state index is 0.224. The summed E-state index contributed by atoms with van der Waals surface area (Å²) in [5.74, 6) is -2.64. The Labute approximate surface area is 201 Å². The van der Waals surface area contributed by atoms with Crippen LogP contribution >= 0.6 is 11.6 Å². The van der Waals surface area contributed by atoms with Gasteiger partial charge in [0.2, 0.25) is 6.10 Å². The first-order valence-corrected chi connectivity index (χ1v) is 10.9. The number of nitrogens with one attached hydrogen (secondary N) is 1. The number of benzene rings is 3. The maximum atomic E-state index is 13.2. The summed E-state index contributed by atoms with van der Waals surface area (Å²) in [5, 5.41) is 3.28. The van der Waals surface area contributed by atoms with Crippen molar-refractivity contribution in [2.45, 2.75) is 20.0 Å². The van der Waals surface area contributed by atoms with Crippen LogP contribution in [0.15, 0.2) is 66.7 Å². The highest BCUT2D eigenvalue weighted by molar-refractivity contribution is 6.30. The molecule has 3 amide bonds. The van der Waals surface area contributed by atoms with Crippen molar-refractivity contribution in [1.29, 1.82) is 0 Å². The largest absolute Gasteiger partial charge is 0.446 e. The van der Waals surface area contributed by atoms with Crippen molar-refractivity contribution in [2.75, 3.05) is 11.9 Å². The molecule has 7 nitrogen and oxygen atoms in total. The quantitative estimate of drug-likeness (QED) is 0.418. The molecule has 8 heteroatoms. The summed E-state index contributed by atoms with van der Waals surface area (Å²) in [6, 6.07) is 18.2. The summed E-state index contributed by atoms with van der Waals surface area (Å²) in [6.45, 7) is 3.09. The molecule has 0 spiro atoms. The van der Waals surface area contributed by atoms with E-state index in [2.05, 4.69) is 5.32 Å². The summed E-state index contributed by atoms with van der Waals surface area (Å²) < 4.78 is 5.51. The van der Waals surface area contributed by atoms with Gasteiger partial charge in [-0.2, -0.15) is 0 Å². The third-order valence-electron chi connectivity index (χ3n) is 5.55. The molecular weight excluding hydrogens is 456 g/mol. The third-order valence-corrected chi connectivity index (χ3v) is 5.81. The average Bonchev–Trinajstić information content (AvgIpc) is 3.05. The molecule has 3 aromatic rings. The van der Waals surface area contributed by atoms with E-state index in [1.54, 1.807) is 36.4 Å². The number of rotatable bonds is 6. The second-order valence-electron chi connectivity index (χ2n) is 7.92. The van der Waals surface area contributed by atoms with Gasteiger partial charge in [0.05, 0.1) is 11.1 Å². The number of nitrogens with zero attached hydrogens (tertiary/aromatic N) is 1.